The average Bonchev–Trinajstić information content (AvgIpc) is 2.75. The summed E-state index contributed by atoms with van der Waals surface area (Å²) in [5, 5.41) is 7.15. The highest BCUT2D eigenvalue weighted by Gasteiger charge is 2.05. The fourth-order valence-corrected chi connectivity index (χ4v) is 1.59. The Balaban J connectivity index is 2.18. The Labute approximate surface area is 94.9 Å². The summed E-state index contributed by atoms with van der Waals surface area (Å²) in [5.74, 6) is 1.66. The van der Waals surface area contributed by atoms with Crippen molar-refractivity contribution in [2.45, 2.75) is 19.8 Å². The number of aryl methyl sites for hydroxylation is 2. The standard InChI is InChI=1S/C12H16N4/c1-9-4-2-5-10(8-9)12-14-11(15-16-12)6-3-7-13/h2,4-5,8H,3,6-7,13H2,1H3,(H,14,15,16). The molecule has 0 saturated heterocycles. The average molecular weight is 216 g/mol. The Morgan fingerprint density at radius 3 is 3.00 bits per heavy atom. The highest BCUT2D eigenvalue weighted by atomic mass is 15.2. The summed E-state index contributed by atoms with van der Waals surface area (Å²) in [5.41, 5.74) is 7.72. The topological polar surface area (TPSA) is 67.6 Å². The minimum absolute atomic E-state index is 0.681. The molecule has 0 radical (unpaired) electrons. The van der Waals surface area contributed by atoms with E-state index < -0.39 is 0 Å². The van der Waals surface area contributed by atoms with Crippen LogP contribution in [0.2, 0.25) is 0 Å². The van der Waals surface area contributed by atoms with Gasteiger partial charge in [0.2, 0.25) is 0 Å². The van der Waals surface area contributed by atoms with Crippen molar-refractivity contribution in [1.29, 1.82) is 0 Å². The van der Waals surface area contributed by atoms with Gasteiger partial charge in [0.1, 0.15) is 5.82 Å². The third-order valence-corrected chi connectivity index (χ3v) is 2.43. The van der Waals surface area contributed by atoms with Crippen molar-refractivity contribution >= 4 is 0 Å². The van der Waals surface area contributed by atoms with E-state index in [-0.39, 0.29) is 0 Å². The number of rotatable bonds is 4. The molecular weight excluding hydrogens is 200 g/mol. The number of hydrogen-bond acceptors (Lipinski definition) is 3. The van der Waals surface area contributed by atoms with Gasteiger partial charge in [-0.1, -0.05) is 23.8 Å². The first-order valence-corrected chi connectivity index (χ1v) is 5.48. The molecule has 16 heavy (non-hydrogen) atoms. The highest BCUT2D eigenvalue weighted by Crippen LogP contribution is 2.15. The zero-order valence-corrected chi connectivity index (χ0v) is 9.40. The predicted octanol–water partition coefficient (Wildman–Crippen LogP) is 1.67. The molecule has 0 aliphatic rings. The summed E-state index contributed by atoms with van der Waals surface area (Å²) in [6, 6.07) is 8.17. The third kappa shape index (κ3) is 2.46. The van der Waals surface area contributed by atoms with Crippen molar-refractivity contribution in [1.82, 2.24) is 15.2 Å². The first-order valence-electron chi connectivity index (χ1n) is 5.48. The van der Waals surface area contributed by atoms with E-state index in [0.29, 0.717) is 6.54 Å². The second kappa shape index (κ2) is 4.90. The summed E-state index contributed by atoms with van der Waals surface area (Å²) in [6.07, 6.45) is 1.79. The van der Waals surface area contributed by atoms with Gasteiger partial charge in [-0.3, -0.25) is 5.10 Å². The van der Waals surface area contributed by atoms with Crippen molar-refractivity contribution in [2.24, 2.45) is 5.73 Å². The van der Waals surface area contributed by atoms with E-state index in [1.54, 1.807) is 0 Å². The lowest BCUT2D eigenvalue weighted by Gasteiger charge is -1.96. The molecule has 3 N–H and O–H groups in total. The van der Waals surface area contributed by atoms with Crippen LogP contribution in [0, 0.1) is 6.92 Å². The normalized spacial score (nSPS) is 10.6. The van der Waals surface area contributed by atoms with Crippen LogP contribution in [-0.2, 0) is 6.42 Å². The lowest BCUT2D eigenvalue weighted by Crippen LogP contribution is -2.01. The highest BCUT2D eigenvalue weighted by molar-refractivity contribution is 5.55. The zero-order valence-electron chi connectivity index (χ0n) is 9.40. The maximum absolute atomic E-state index is 5.45. The van der Waals surface area contributed by atoms with Gasteiger partial charge < -0.3 is 5.73 Å². The molecule has 0 atom stereocenters. The van der Waals surface area contributed by atoms with Crippen molar-refractivity contribution in [3.8, 4) is 11.4 Å². The van der Waals surface area contributed by atoms with Gasteiger partial charge in [-0.05, 0) is 26.0 Å². The van der Waals surface area contributed by atoms with Crippen LogP contribution >= 0.6 is 0 Å². The lowest BCUT2D eigenvalue weighted by molar-refractivity contribution is 0.785. The number of hydrogen-bond donors (Lipinski definition) is 2. The number of benzene rings is 1. The largest absolute Gasteiger partial charge is 0.330 e. The van der Waals surface area contributed by atoms with Crippen molar-refractivity contribution in [3.05, 3.63) is 35.7 Å². The first-order chi connectivity index (χ1) is 7.79. The van der Waals surface area contributed by atoms with Gasteiger partial charge in [-0.15, -0.1) is 0 Å². The molecule has 2 aromatic rings. The molecule has 0 fully saturated rings. The minimum atomic E-state index is 0.681. The number of nitrogens with two attached hydrogens (primary N) is 1. The number of H-pyrrole nitrogens is 1. The summed E-state index contributed by atoms with van der Waals surface area (Å²) in [4.78, 5) is 4.44. The Bertz CT molecular complexity index is 462. The summed E-state index contributed by atoms with van der Waals surface area (Å²) in [6.45, 7) is 2.74. The van der Waals surface area contributed by atoms with E-state index >= 15 is 0 Å². The van der Waals surface area contributed by atoms with Crippen molar-refractivity contribution < 1.29 is 0 Å². The van der Waals surface area contributed by atoms with Gasteiger partial charge in [0.05, 0.1) is 0 Å². The molecule has 0 aliphatic carbocycles. The molecule has 0 unspecified atom stereocenters. The van der Waals surface area contributed by atoms with E-state index in [9.17, 15) is 0 Å². The maximum atomic E-state index is 5.45. The van der Waals surface area contributed by atoms with E-state index in [2.05, 4.69) is 34.2 Å². The van der Waals surface area contributed by atoms with Crippen LogP contribution in [0.5, 0.6) is 0 Å². The molecule has 0 bridgehead atoms. The van der Waals surface area contributed by atoms with Gasteiger partial charge in [0.25, 0.3) is 0 Å². The molecule has 0 aliphatic heterocycles. The van der Waals surface area contributed by atoms with E-state index in [1.807, 2.05) is 12.1 Å². The van der Waals surface area contributed by atoms with Crippen molar-refractivity contribution in [3.63, 3.8) is 0 Å². The molecular formula is C12H16N4. The smallest absolute Gasteiger partial charge is 0.181 e. The first kappa shape index (κ1) is 10.8. The number of aromatic nitrogens is 3. The zero-order chi connectivity index (χ0) is 11.4. The van der Waals surface area contributed by atoms with Crippen LogP contribution in [0.15, 0.2) is 24.3 Å². The quantitative estimate of drug-likeness (QED) is 0.817. The molecule has 1 aromatic carbocycles. The fraction of sp³-hybridized carbons (Fsp3) is 0.333. The molecule has 4 nitrogen and oxygen atoms in total. The molecule has 1 heterocycles. The molecule has 0 saturated carbocycles. The SMILES string of the molecule is Cc1cccc(-c2n[nH]c(CCCN)n2)c1. The molecule has 4 heteroatoms. The van der Waals surface area contributed by atoms with Gasteiger partial charge in [0, 0.05) is 12.0 Å². The van der Waals surface area contributed by atoms with E-state index in [1.165, 1.54) is 5.56 Å². The van der Waals surface area contributed by atoms with Gasteiger partial charge >= 0.3 is 0 Å². The monoisotopic (exact) mass is 216 g/mol. The van der Waals surface area contributed by atoms with Gasteiger partial charge in [-0.2, -0.15) is 5.10 Å². The minimum Gasteiger partial charge on any atom is -0.330 e. The summed E-state index contributed by atoms with van der Waals surface area (Å²) >= 11 is 0. The number of nitrogens with zero attached hydrogens (tertiary/aromatic N) is 2. The molecule has 84 valence electrons. The lowest BCUT2D eigenvalue weighted by atomic mass is 10.1. The molecule has 1 aromatic heterocycles. The second-order valence-electron chi connectivity index (χ2n) is 3.87. The van der Waals surface area contributed by atoms with Crippen molar-refractivity contribution in [2.75, 3.05) is 6.54 Å². The fourth-order valence-electron chi connectivity index (χ4n) is 1.59. The third-order valence-electron chi connectivity index (χ3n) is 2.43. The Hall–Kier alpha value is -1.68. The van der Waals surface area contributed by atoms with Crippen LogP contribution in [0.3, 0.4) is 0 Å². The molecule has 2 rings (SSSR count). The van der Waals surface area contributed by atoms with Crippen LogP contribution < -0.4 is 5.73 Å². The molecule has 0 amide bonds. The van der Waals surface area contributed by atoms with Gasteiger partial charge in [-0.25, -0.2) is 4.98 Å². The predicted molar refractivity (Wildman–Crippen MR) is 63.9 cm³/mol. The van der Waals surface area contributed by atoms with Crippen LogP contribution in [0.1, 0.15) is 17.8 Å². The van der Waals surface area contributed by atoms with Crippen LogP contribution in [0.4, 0.5) is 0 Å². The Morgan fingerprint density at radius 2 is 2.25 bits per heavy atom. The second-order valence-corrected chi connectivity index (χ2v) is 3.87. The van der Waals surface area contributed by atoms with Crippen LogP contribution in [-0.4, -0.2) is 21.7 Å². The van der Waals surface area contributed by atoms with E-state index in [4.69, 9.17) is 5.73 Å². The summed E-state index contributed by atoms with van der Waals surface area (Å²) < 4.78 is 0. The maximum Gasteiger partial charge on any atom is 0.181 e. The Morgan fingerprint density at radius 1 is 1.38 bits per heavy atom. The van der Waals surface area contributed by atoms with E-state index in [0.717, 1.165) is 30.1 Å². The summed E-state index contributed by atoms with van der Waals surface area (Å²) in [7, 11) is 0. The number of aromatic amines is 1. The molecule has 0 spiro atoms. The van der Waals surface area contributed by atoms with Crippen LogP contribution in [0.25, 0.3) is 11.4 Å². The Kier molecular flexibility index (Phi) is 3.31. The number of nitrogens with one attached hydrogen (secondary N) is 1. The van der Waals surface area contributed by atoms with Gasteiger partial charge in [0.15, 0.2) is 5.82 Å².